The summed E-state index contributed by atoms with van der Waals surface area (Å²) < 4.78 is 0. The molecule has 1 aliphatic rings. The predicted octanol–water partition coefficient (Wildman–Crippen LogP) is 3.41. The van der Waals surface area contributed by atoms with E-state index in [0.29, 0.717) is 18.8 Å². The Morgan fingerprint density at radius 1 is 0.964 bits per heavy atom. The third kappa shape index (κ3) is 6.02. The highest BCUT2D eigenvalue weighted by atomic mass is 32.2. The zero-order chi connectivity index (χ0) is 19.8. The van der Waals surface area contributed by atoms with E-state index in [1.165, 1.54) is 17.4 Å². The summed E-state index contributed by atoms with van der Waals surface area (Å²) in [6, 6.07) is 20.2. The van der Waals surface area contributed by atoms with Gasteiger partial charge in [-0.05, 0) is 24.1 Å². The highest BCUT2D eigenvalue weighted by molar-refractivity contribution is 8.13. The van der Waals surface area contributed by atoms with Gasteiger partial charge in [0.2, 0.25) is 0 Å². The molecule has 1 saturated heterocycles. The number of thioether (sulfide) groups is 1. The Morgan fingerprint density at radius 3 is 2.18 bits per heavy atom. The molecule has 6 heteroatoms. The molecule has 1 unspecified atom stereocenters. The van der Waals surface area contributed by atoms with Crippen molar-refractivity contribution in [3.05, 3.63) is 66.2 Å². The van der Waals surface area contributed by atoms with Crippen molar-refractivity contribution in [3.8, 4) is 0 Å². The Hall–Kier alpha value is -2.47. The number of hydrogen-bond donors (Lipinski definition) is 1. The summed E-state index contributed by atoms with van der Waals surface area (Å²) in [5.41, 5.74) is 2.35. The summed E-state index contributed by atoms with van der Waals surface area (Å²) in [7, 11) is 0. The Balaban J connectivity index is 1.55. The van der Waals surface area contributed by atoms with Crippen LogP contribution in [0.2, 0.25) is 0 Å². The summed E-state index contributed by atoms with van der Waals surface area (Å²) in [5, 5.41) is 3.21. The van der Waals surface area contributed by atoms with Gasteiger partial charge in [-0.3, -0.25) is 4.79 Å². The van der Waals surface area contributed by atoms with Crippen LogP contribution in [0.5, 0.6) is 0 Å². The molecule has 2 aromatic rings. The van der Waals surface area contributed by atoms with E-state index < -0.39 is 0 Å². The third-order valence-corrected chi connectivity index (χ3v) is 5.80. The molecule has 3 rings (SSSR count). The van der Waals surface area contributed by atoms with Crippen molar-refractivity contribution < 1.29 is 9.59 Å². The number of amides is 2. The lowest BCUT2D eigenvalue weighted by Gasteiger charge is -2.36. The van der Waals surface area contributed by atoms with E-state index in [4.69, 9.17) is 0 Å². The molecule has 148 valence electrons. The second kappa shape index (κ2) is 10.2. The number of benzene rings is 2. The topological polar surface area (TPSA) is 52.7 Å². The summed E-state index contributed by atoms with van der Waals surface area (Å²) in [6.07, 6.45) is 0.719. The predicted molar refractivity (Wildman–Crippen MR) is 116 cm³/mol. The molecule has 28 heavy (non-hydrogen) atoms. The summed E-state index contributed by atoms with van der Waals surface area (Å²) in [6.45, 7) is 4.60. The first kappa shape index (κ1) is 20.3. The second-order valence-corrected chi connectivity index (χ2v) is 8.15. The lowest BCUT2D eigenvalue weighted by Crippen LogP contribution is -2.54. The van der Waals surface area contributed by atoms with Crippen LogP contribution in [-0.4, -0.2) is 54.0 Å². The minimum Gasteiger partial charge on any atom is -0.368 e. The molecule has 1 aliphatic heterocycles. The fourth-order valence-electron chi connectivity index (χ4n) is 3.34. The monoisotopic (exact) mass is 397 g/mol. The quantitative estimate of drug-likeness (QED) is 0.812. The van der Waals surface area contributed by atoms with Crippen molar-refractivity contribution in [1.82, 2.24) is 10.2 Å². The van der Waals surface area contributed by atoms with Crippen molar-refractivity contribution in [2.24, 2.45) is 0 Å². The lowest BCUT2D eigenvalue weighted by atomic mass is 10.1. The molecule has 5 nitrogen and oxygen atoms in total. The number of urea groups is 1. The van der Waals surface area contributed by atoms with E-state index in [0.717, 1.165) is 25.1 Å². The fraction of sp³-hybridized carbons (Fsp3) is 0.364. The Labute approximate surface area is 171 Å². The Morgan fingerprint density at radius 2 is 1.57 bits per heavy atom. The van der Waals surface area contributed by atoms with Crippen LogP contribution < -0.4 is 10.2 Å². The number of nitrogens with zero attached hydrogens (tertiary/aromatic N) is 2. The number of carbonyl (C=O) groups is 2. The third-order valence-electron chi connectivity index (χ3n) is 4.83. The molecule has 0 saturated carbocycles. The zero-order valence-corrected chi connectivity index (χ0v) is 17.0. The van der Waals surface area contributed by atoms with Crippen molar-refractivity contribution >= 4 is 28.6 Å². The van der Waals surface area contributed by atoms with Gasteiger partial charge >= 0.3 is 6.03 Å². The molecule has 2 amide bonds. The van der Waals surface area contributed by atoms with Crippen LogP contribution in [0.4, 0.5) is 10.5 Å². The van der Waals surface area contributed by atoms with Crippen LogP contribution in [0.15, 0.2) is 60.7 Å². The van der Waals surface area contributed by atoms with Crippen LogP contribution in [0.25, 0.3) is 0 Å². The summed E-state index contributed by atoms with van der Waals surface area (Å²) >= 11 is 1.26. The highest BCUT2D eigenvalue weighted by Crippen LogP contribution is 2.16. The molecule has 1 N–H and O–H groups in total. The average molecular weight is 398 g/mol. The molecule has 0 spiro atoms. The van der Waals surface area contributed by atoms with E-state index in [1.807, 2.05) is 41.3 Å². The Bertz CT molecular complexity index is 762. The molecule has 1 fully saturated rings. The molecular weight excluding hydrogens is 370 g/mol. The molecule has 0 bridgehead atoms. The summed E-state index contributed by atoms with van der Waals surface area (Å²) in [5.74, 6) is 0.583. The smallest absolute Gasteiger partial charge is 0.317 e. The van der Waals surface area contributed by atoms with Gasteiger partial charge in [-0.25, -0.2) is 4.79 Å². The Kier molecular flexibility index (Phi) is 7.37. The molecule has 0 radical (unpaired) electrons. The van der Waals surface area contributed by atoms with Gasteiger partial charge in [-0.15, -0.1) is 0 Å². The van der Waals surface area contributed by atoms with E-state index in [-0.39, 0.29) is 17.2 Å². The number of hydrogen-bond acceptors (Lipinski definition) is 4. The van der Waals surface area contributed by atoms with Gasteiger partial charge in [-0.2, -0.15) is 0 Å². The normalized spacial score (nSPS) is 15.2. The standard InChI is InChI=1S/C22H27N3O2S/c1-18(26)28-17-20(16-19-8-4-2-5-9-19)23-22(27)25-14-12-24(13-15-25)21-10-6-3-7-11-21/h2-11,20H,12-17H2,1H3,(H,23,27). The molecule has 0 aromatic heterocycles. The van der Waals surface area contributed by atoms with Crippen molar-refractivity contribution in [2.75, 3.05) is 36.8 Å². The SMILES string of the molecule is CC(=O)SCC(Cc1ccccc1)NC(=O)N1CCN(c2ccccc2)CC1. The van der Waals surface area contributed by atoms with Crippen molar-refractivity contribution in [3.63, 3.8) is 0 Å². The van der Waals surface area contributed by atoms with Gasteiger partial charge in [0.25, 0.3) is 0 Å². The first-order chi connectivity index (χ1) is 13.6. The van der Waals surface area contributed by atoms with Crippen LogP contribution in [0.3, 0.4) is 0 Å². The number of carbonyl (C=O) groups excluding carboxylic acids is 2. The molecule has 2 aromatic carbocycles. The maximum absolute atomic E-state index is 12.8. The largest absolute Gasteiger partial charge is 0.368 e. The van der Waals surface area contributed by atoms with E-state index in [1.54, 1.807) is 6.92 Å². The number of nitrogens with one attached hydrogen (secondary N) is 1. The second-order valence-electron chi connectivity index (χ2n) is 6.95. The van der Waals surface area contributed by atoms with Gasteiger partial charge in [0.15, 0.2) is 5.12 Å². The highest BCUT2D eigenvalue weighted by Gasteiger charge is 2.23. The lowest BCUT2D eigenvalue weighted by molar-refractivity contribution is -0.109. The number of piperazine rings is 1. The summed E-state index contributed by atoms with van der Waals surface area (Å²) in [4.78, 5) is 28.4. The fourth-order valence-corrected chi connectivity index (χ4v) is 3.98. The van der Waals surface area contributed by atoms with E-state index in [2.05, 4.69) is 34.5 Å². The van der Waals surface area contributed by atoms with Crippen LogP contribution >= 0.6 is 11.8 Å². The van der Waals surface area contributed by atoms with Gasteiger partial charge < -0.3 is 15.1 Å². The van der Waals surface area contributed by atoms with Gasteiger partial charge in [0, 0.05) is 50.6 Å². The van der Waals surface area contributed by atoms with E-state index in [9.17, 15) is 9.59 Å². The van der Waals surface area contributed by atoms with Crippen LogP contribution in [0.1, 0.15) is 12.5 Å². The van der Waals surface area contributed by atoms with Crippen molar-refractivity contribution in [1.29, 1.82) is 0 Å². The molecule has 1 heterocycles. The molecular formula is C22H27N3O2S. The van der Waals surface area contributed by atoms with E-state index >= 15 is 0 Å². The maximum Gasteiger partial charge on any atom is 0.317 e. The van der Waals surface area contributed by atoms with Gasteiger partial charge in [0.1, 0.15) is 0 Å². The number of rotatable bonds is 6. The zero-order valence-electron chi connectivity index (χ0n) is 16.2. The minimum atomic E-state index is -0.0732. The molecule has 1 atom stereocenters. The number of para-hydroxylation sites is 1. The molecule has 0 aliphatic carbocycles. The number of anilines is 1. The van der Waals surface area contributed by atoms with Gasteiger partial charge in [-0.1, -0.05) is 60.3 Å². The first-order valence-electron chi connectivity index (χ1n) is 9.64. The minimum absolute atomic E-state index is 0.0437. The average Bonchev–Trinajstić information content (AvgIpc) is 2.73. The van der Waals surface area contributed by atoms with Gasteiger partial charge in [0.05, 0.1) is 0 Å². The van der Waals surface area contributed by atoms with Crippen molar-refractivity contribution in [2.45, 2.75) is 19.4 Å². The maximum atomic E-state index is 12.8. The van der Waals surface area contributed by atoms with Crippen LogP contribution in [0, 0.1) is 0 Å². The van der Waals surface area contributed by atoms with Crippen LogP contribution in [-0.2, 0) is 11.2 Å². The first-order valence-corrected chi connectivity index (χ1v) is 10.6.